The average molecular weight is 1310 g/mol. The molecule has 1 unspecified atom stereocenters. The zero-order valence-corrected chi connectivity index (χ0v) is 51.5. The first-order chi connectivity index (χ1) is 43.3. The fraction of sp³-hybridized carbons (Fsp3) is 0.508. The van der Waals surface area contributed by atoms with Crippen LogP contribution < -0.4 is 32.3 Å². The number of hydrogen-bond acceptors (Lipinski definition) is 15. The summed E-state index contributed by atoms with van der Waals surface area (Å²) in [5.74, 6) is -6.89. The number of piperidine rings is 2. The minimum Gasteiger partial charge on any atom is -0.382 e. The molecule has 5 fully saturated rings. The Morgan fingerprint density at radius 3 is 2.21 bits per heavy atom. The van der Waals surface area contributed by atoms with E-state index in [0.29, 0.717) is 44.7 Å². The number of aryl methyl sites for hydroxylation is 1. The molecule has 0 spiro atoms. The Kier molecular flexibility index (Phi) is 20.1. The lowest BCUT2D eigenvalue weighted by atomic mass is 9.96. The van der Waals surface area contributed by atoms with Crippen molar-refractivity contribution >= 4 is 93.8 Å². The Hall–Kier alpha value is -7.69. The van der Waals surface area contributed by atoms with Crippen LogP contribution in [-0.4, -0.2) is 194 Å². The molecule has 0 aliphatic carbocycles. The minimum absolute atomic E-state index is 0.00389. The van der Waals surface area contributed by atoms with Crippen LogP contribution in [0, 0.1) is 0 Å². The highest BCUT2D eigenvalue weighted by Crippen LogP contribution is 2.59. The Labute approximate surface area is 524 Å². The van der Waals surface area contributed by atoms with Crippen molar-refractivity contribution in [2.24, 2.45) is 5.73 Å². The number of nitrogens with two attached hydrogens (primary N) is 1. The van der Waals surface area contributed by atoms with E-state index in [-0.39, 0.29) is 96.1 Å². The first kappa shape index (κ1) is 66.2. The van der Waals surface area contributed by atoms with Crippen LogP contribution in [0.25, 0.3) is 10.1 Å². The van der Waals surface area contributed by atoms with Crippen LogP contribution in [-0.2, 0) is 56.6 Å². The number of nitrogens with zero attached hydrogens (tertiary/aromatic N) is 5. The van der Waals surface area contributed by atoms with Gasteiger partial charge >= 0.3 is 13.3 Å². The highest BCUT2D eigenvalue weighted by Gasteiger charge is 2.51. The van der Waals surface area contributed by atoms with E-state index >= 15 is 0 Å². The number of alkyl halides is 4. The molecule has 24 nitrogen and oxygen atoms in total. The van der Waals surface area contributed by atoms with Gasteiger partial charge in [-0.3, -0.25) is 72.5 Å². The summed E-state index contributed by atoms with van der Waals surface area (Å²) in [6.45, 7) is 2.93. The molecular formula is C61H72F4N11O13PS. The van der Waals surface area contributed by atoms with Crippen molar-refractivity contribution in [3.8, 4) is 0 Å². The predicted molar refractivity (Wildman–Crippen MR) is 322 cm³/mol. The molecule has 0 radical (unpaired) electrons. The quantitative estimate of drug-likeness (QED) is 0.0299. The van der Waals surface area contributed by atoms with Gasteiger partial charge in [-0.05, 0) is 111 Å². The Bertz CT molecular complexity index is 3560. The summed E-state index contributed by atoms with van der Waals surface area (Å²) in [7, 11) is -5.94. The number of carbonyl (C=O) groups excluding carboxylic acids is 10. The summed E-state index contributed by atoms with van der Waals surface area (Å²) in [6.07, 6.45) is 1.23. The molecule has 5 saturated heterocycles. The van der Waals surface area contributed by atoms with E-state index in [2.05, 4.69) is 38.4 Å². The summed E-state index contributed by atoms with van der Waals surface area (Å²) >= 11 is 0.812. The van der Waals surface area contributed by atoms with Gasteiger partial charge in [-0.25, -0.2) is 8.78 Å². The van der Waals surface area contributed by atoms with Gasteiger partial charge in [0.2, 0.25) is 41.4 Å². The molecule has 30 heteroatoms. The van der Waals surface area contributed by atoms with Gasteiger partial charge in [0.05, 0.1) is 22.5 Å². The summed E-state index contributed by atoms with van der Waals surface area (Å²) in [5, 5.41) is 13.9. The topological polar surface area (TPSA) is 331 Å². The van der Waals surface area contributed by atoms with Gasteiger partial charge in [-0.1, -0.05) is 43.7 Å². The van der Waals surface area contributed by atoms with Crippen molar-refractivity contribution in [2.75, 3.05) is 51.1 Å². The average Bonchev–Trinajstić information content (AvgIpc) is 1.61. The molecule has 1 aromatic heterocycles. The minimum atomic E-state index is -5.94. The zero-order valence-electron chi connectivity index (χ0n) is 49.8. The molecule has 3 aromatic carbocycles. The molecule has 9 N–H and O–H groups in total. The summed E-state index contributed by atoms with van der Waals surface area (Å²) in [6, 6.07) is 9.30. The number of anilines is 1. The number of likely N-dealkylation sites (tertiary alicyclic amines) is 2. The number of thiophene rings is 1. The molecule has 6 atom stereocenters. The maximum Gasteiger partial charge on any atom is 0.399 e. The van der Waals surface area contributed by atoms with E-state index in [0.717, 1.165) is 64.8 Å². The van der Waals surface area contributed by atoms with Crippen LogP contribution in [0.2, 0.25) is 0 Å². The third kappa shape index (κ3) is 14.8. The molecule has 488 valence electrons. The van der Waals surface area contributed by atoms with Gasteiger partial charge in [0.1, 0.15) is 30.2 Å². The van der Waals surface area contributed by atoms with Crippen LogP contribution in [0.3, 0.4) is 0 Å². The second-order valence-electron chi connectivity index (χ2n) is 24.2. The monoisotopic (exact) mass is 1310 g/mol. The number of rotatable bonds is 23. The molecule has 0 saturated carbocycles. The number of benzene rings is 3. The van der Waals surface area contributed by atoms with E-state index in [1.54, 1.807) is 23.1 Å². The maximum atomic E-state index is 14.8. The lowest BCUT2D eigenvalue weighted by Crippen LogP contribution is -2.66. The SMILES string of the molecule is CCCCc1ccc(C[C@H](NC(=O)[C@H](CCC(N)=O)NC(=O)[C@@H]2CC[C@@H]3CCN(CC(F)F)C[C@H](NC(=O)c4cc5cc(C(F)(F)P(=O)(O)O)ccc5s4)C(=O)N32)C(=O)N2CC(N3CCC(Nc4ccc5c(c4)C(=O)N(C4CCC(=O)NC4=O)C5=O)CC3)C2)cc1. The third-order valence-corrected chi connectivity index (χ3v) is 20.1. The van der Waals surface area contributed by atoms with Gasteiger partial charge in [0.25, 0.3) is 24.1 Å². The first-order valence-corrected chi connectivity index (χ1v) is 32.9. The van der Waals surface area contributed by atoms with Crippen LogP contribution in [0.4, 0.5) is 23.2 Å². The summed E-state index contributed by atoms with van der Waals surface area (Å²) < 4.78 is 69.1. The molecule has 0 bridgehead atoms. The second kappa shape index (κ2) is 27.6. The van der Waals surface area contributed by atoms with Crippen LogP contribution >= 0.6 is 18.9 Å². The number of hydrogen-bond donors (Lipinski definition) is 8. The van der Waals surface area contributed by atoms with Gasteiger partial charge in [0, 0.05) is 92.6 Å². The lowest BCUT2D eigenvalue weighted by Gasteiger charge is -2.48. The predicted octanol–water partition coefficient (Wildman–Crippen LogP) is 3.57. The number of nitrogens with one attached hydrogen (secondary N) is 5. The standard InChI is InChI=1S/C61H72F4N11O13PS/c1-2-3-4-33-5-7-34(8-6-33)25-44(59(85)74-29-40(30-74)73-23-19-37(20-24-73)67-38-10-12-41-42(28-38)58(84)76(57(41)83)47-15-18-52(78)71-55(47)81)69-53(79)43(13-17-51(66)77)68-54(80)46-14-11-39-21-22-72(32-50(62)63)31-45(60(86)75(39)46)70-56(82)49-27-35-26-36(9-16-48(35)91-49)61(64,65)90(87,88)89/h5-10,12,16,26-28,37,39-40,43-47,50,67H,2-4,11,13-15,17-25,29-32H2,1H3,(H2,66,77)(H,68,80)(H,69,79)(H,70,82)(H,71,78,81)(H2,87,88,89)/t39-,43+,44+,45+,46+,47?/m1/s1. The number of amides is 10. The van der Waals surface area contributed by atoms with E-state index in [1.165, 1.54) is 15.9 Å². The summed E-state index contributed by atoms with van der Waals surface area (Å²) in [5.41, 5.74) is 2.81. The van der Waals surface area contributed by atoms with Gasteiger partial charge in [0.15, 0.2) is 0 Å². The number of unbranched alkanes of at least 4 members (excludes halogenated alkanes) is 1. The number of carbonyl (C=O) groups is 10. The first-order valence-electron chi connectivity index (χ1n) is 30.5. The highest BCUT2D eigenvalue weighted by molar-refractivity contribution is 7.52. The Morgan fingerprint density at radius 2 is 1.53 bits per heavy atom. The van der Waals surface area contributed by atoms with Crippen molar-refractivity contribution in [3.63, 3.8) is 0 Å². The van der Waals surface area contributed by atoms with E-state index in [4.69, 9.17) is 5.73 Å². The fourth-order valence-corrected chi connectivity index (χ4v) is 14.4. The molecule has 10 rings (SSSR count). The van der Waals surface area contributed by atoms with E-state index in [9.17, 15) is 79.9 Å². The van der Waals surface area contributed by atoms with Crippen LogP contribution in [0.15, 0.2) is 66.7 Å². The zero-order chi connectivity index (χ0) is 65.2. The highest BCUT2D eigenvalue weighted by atomic mass is 32.1. The number of halogens is 4. The van der Waals surface area contributed by atoms with Crippen molar-refractivity contribution in [3.05, 3.63) is 99.4 Å². The Morgan fingerprint density at radius 1 is 0.813 bits per heavy atom. The number of primary amides is 1. The third-order valence-electron chi connectivity index (χ3n) is 18.0. The van der Waals surface area contributed by atoms with Crippen molar-refractivity contribution in [1.82, 2.24) is 45.8 Å². The Balaban J connectivity index is 0.797. The van der Waals surface area contributed by atoms with Gasteiger partial charge < -0.3 is 46.6 Å². The molecular weight excluding hydrogens is 1230 g/mol. The van der Waals surface area contributed by atoms with Crippen molar-refractivity contribution < 1.29 is 79.9 Å². The normalized spacial score (nSPS) is 22.0. The van der Waals surface area contributed by atoms with Crippen molar-refractivity contribution in [1.29, 1.82) is 0 Å². The molecule has 6 aliphatic heterocycles. The molecule has 91 heavy (non-hydrogen) atoms. The van der Waals surface area contributed by atoms with Crippen molar-refractivity contribution in [2.45, 2.75) is 151 Å². The summed E-state index contributed by atoms with van der Waals surface area (Å²) in [4.78, 5) is 162. The fourth-order valence-electron chi connectivity index (χ4n) is 13.0. The van der Waals surface area contributed by atoms with E-state index < -0.39 is 134 Å². The molecule has 4 aromatic rings. The number of imide groups is 2. The molecule has 6 aliphatic rings. The largest absolute Gasteiger partial charge is 0.399 e. The van der Waals surface area contributed by atoms with Crippen LogP contribution in [0.1, 0.15) is 125 Å². The maximum absolute atomic E-state index is 14.8. The smallest absolute Gasteiger partial charge is 0.382 e. The molecule has 7 heterocycles. The second-order valence-corrected chi connectivity index (χ2v) is 27.0. The van der Waals surface area contributed by atoms with Crippen LogP contribution in [0.5, 0.6) is 0 Å². The lowest BCUT2D eigenvalue weighted by molar-refractivity contribution is -0.145. The van der Waals surface area contributed by atoms with Gasteiger partial charge in [-0.2, -0.15) is 8.78 Å². The van der Waals surface area contributed by atoms with E-state index in [1.807, 2.05) is 24.3 Å². The van der Waals surface area contributed by atoms with Gasteiger partial charge in [-0.15, -0.1) is 11.3 Å². The molecule has 10 amide bonds. The number of fused-ring (bicyclic) bond motifs is 3.